The van der Waals surface area contributed by atoms with Crippen LogP contribution in [0.3, 0.4) is 0 Å². The van der Waals surface area contributed by atoms with Gasteiger partial charge in [-0.05, 0) is 58.0 Å². The smallest absolute Gasteiger partial charge is 0.274 e. The maximum atomic E-state index is 12.4. The van der Waals surface area contributed by atoms with E-state index in [9.17, 15) is 4.79 Å². The predicted octanol–water partition coefficient (Wildman–Crippen LogP) is 3.26. The van der Waals surface area contributed by atoms with Gasteiger partial charge >= 0.3 is 0 Å². The molecular formula is C17H22N4O2. The van der Waals surface area contributed by atoms with Crippen molar-refractivity contribution in [2.75, 3.05) is 17.7 Å². The molecule has 0 spiro atoms. The van der Waals surface area contributed by atoms with Crippen LogP contribution in [-0.4, -0.2) is 28.5 Å². The van der Waals surface area contributed by atoms with Crippen molar-refractivity contribution in [2.24, 2.45) is 0 Å². The van der Waals surface area contributed by atoms with Crippen LogP contribution in [0, 0.1) is 6.92 Å². The molecule has 2 N–H and O–H groups in total. The molecule has 0 aliphatic carbocycles. The summed E-state index contributed by atoms with van der Waals surface area (Å²) in [6, 6.07) is 8.78. The summed E-state index contributed by atoms with van der Waals surface area (Å²) < 4.78 is 5.10. The Morgan fingerprint density at radius 2 is 1.78 bits per heavy atom. The molecule has 0 atom stereocenters. The normalized spacial score (nSPS) is 11.0. The van der Waals surface area contributed by atoms with Crippen LogP contribution in [0.1, 0.15) is 37.0 Å². The number of carbonyl (C=O) groups is 1. The SMILES string of the molecule is COc1ccc(NC(=O)c2cc(C)nc(NC(C)(C)C)n2)cc1. The van der Waals surface area contributed by atoms with Crippen molar-refractivity contribution < 1.29 is 9.53 Å². The summed E-state index contributed by atoms with van der Waals surface area (Å²) in [5.41, 5.74) is 1.54. The lowest BCUT2D eigenvalue weighted by Crippen LogP contribution is -2.28. The molecule has 2 rings (SSSR count). The third-order valence-corrected chi connectivity index (χ3v) is 2.92. The number of benzene rings is 1. The van der Waals surface area contributed by atoms with Gasteiger partial charge in [-0.15, -0.1) is 0 Å². The molecule has 0 unspecified atom stereocenters. The Labute approximate surface area is 136 Å². The van der Waals surface area contributed by atoms with Crippen molar-refractivity contribution in [3.05, 3.63) is 41.7 Å². The molecule has 6 nitrogen and oxygen atoms in total. The number of nitrogens with one attached hydrogen (secondary N) is 2. The molecule has 23 heavy (non-hydrogen) atoms. The molecule has 1 aromatic heterocycles. The maximum absolute atomic E-state index is 12.4. The van der Waals surface area contributed by atoms with Crippen LogP contribution in [0.15, 0.2) is 30.3 Å². The highest BCUT2D eigenvalue weighted by molar-refractivity contribution is 6.03. The van der Waals surface area contributed by atoms with Gasteiger partial charge in [-0.2, -0.15) is 0 Å². The predicted molar refractivity (Wildman–Crippen MR) is 91.1 cm³/mol. The van der Waals surface area contributed by atoms with Crippen molar-refractivity contribution in [3.8, 4) is 5.75 Å². The number of aryl methyl sites for hydroxylation is 1. The number of amides is 1. The average Bonchev–Trinajstić information content (AvgIpc) is 2.45. The molecule has 0 radical (unpaired) electrons. The van der Waals surface area contributed by atoms with Crippen LogP contribution in [0.25, 0.3) is 0 Å². The minimum atomic E-state index is -0.280. The molecule has 0 saturated heterocycles. The third-order valence-electron chi connectivity index (χ3n) is 2.92. The minimum absolute atomic E-state index is 0.183. The molecular weight excluding hydrogens is 292 g/mol. The van der Waals surface area contributed by atoms with E-state index in [2.05, 4.69) is 20.6 Å². The second-order valence-electron chi connectivity index (χ2n) is 6.28. The number of ether oxygens (including phenoxy) is 1. The first-order valence-corrected chi connectivity index (χ1v) is 7.36. The third kappa shape index (κ3) is 4.95. The number of aromatic nitrogens is 2. The van der Waals surface area contributed by atoms with Gasteiger partial charge in [0.1, 0.15) is 11.4 Å². The average molecular weight is 314 g/mol. The summed E-state index contributed by atoms with van der Waals surface area (Å²) in [6.45, 7) is 7.86. The monoisotopic (exact) mass is 314 g/mol. The molecule has 1 heterocycles. The quantitative estimate of drug-likeness (QED) is 0.906. The standard InChI is InChI=1S/C17H22N4O2/c1-11-10-14(20-16(18-11)21-17(2,3)4)15(22)19-12-6-8-13(23-5)9-7-12/h6-10H,1-5H3,(H,19,22)(H,18,20,21). The van der Waals surface area contributed by atoms with Gasteiger partial charge in [0.05, 0.1) is 7.11 Å². The summed E-state index contributed by atoms with van der Waals surface area (Å²) in [5, 5.41) is 5.99. The zero-order valence-corrected chi connectivity index (χ0v) is 14.1. The Balaban J connectivity index is 2.17. The van der Waals surface area contributed by atoms with Crippen molar-refractivity contribution in [1.29, 1.82) is 0 Å². The van der Waals surface area contributed by atoms with Crippen LogP contribution in [-0.2, 0) is 0 Å². The first-order valence-electron chi connectivity index (χ1n) is 7.36. The van der Waals surface area contributed by atoms with Crippen LogP contribution >= 0.6 is 0 Å². The van der Waals surface area contributed by atoms with E-state index in [1.54, 1.807) is 37.4 Å². The van der Waals surface area contributed by atoms with Gasteiger partial charge in [-0.3, -0.25) is 4.79 Å². The number of nitrogens with zero attached hydrogens (tertiary/aromatic N) is 2. The highest BCUT2D eigenvalue weighted by Crippen LogP contribution is 2.16. The van der Waals surface area contributed by atoms with Crippen molar-refractivity contribution in [3.63, 3.8) is 0 Å². The molecule has 2 aromatic rings. The van der Waals surface area contributed by atoms with E-state index >= 15 is 0 Å². The molecule has 1 amide bonds. The molecule has 0 fully saturated rings. The van der Waals surface area contributed by atoms with Crippen molar-refractivity contribution in [2.45, 2.75) is 33.2 Å². The molecule has 6 heteroatoms. The summed E-state index contributed by atoms with van der Waals surface area (Å²) >= 11 is 0. The summed E-state index contributed by atoms with van der Waals surface area (Å²) in [5.74, 6) is 0.896. The van der Waals surface area contributed by atoms with E-state index in [-0.39, 0.29) is 11.4 Å². The fourth-order valence-electron chi connectivity index (χ4n) is 1.95. The second kappa shape index (κ2) is 6.64. The summed E-state index contributed by atoms with van der Waals surface area (Å²) in [7, 11) is 1.60. The Kier molecular flexibility index (Phi) is 4.83. The summed E-state index contributed by atoms with van der Waals surface area (Å²) in [6.07, 6.45) is 0. The number of hydrogen-bond donors (Lipinski definition) is 2. The number of anilines is 2. The fourth-order valence-corrected chi connectivity index (χ4v) is 1.95. The Morgan fingerprint density at radius 3 is 2.35 bits per heavy atom. The van der Waals surface area contributed by atoms with Gasteiger partial charge in [-0.1, -0.05) is 0 Å². The van der Waals surface area contributed by atoms with E-state index in [4.69, 9.17) is 4.74 Å². The van der Waals surface area contributed by atoms with Gasteiger partial charge in [0.2, 0.25) is 5.95 Å². The first kappa shape index (κ1) is 16.7. The van der Waals surface area contributed by atoms with E-state index in [0.717, 1.165) is 11.4 Å². The van der Waals surface area contributed by atoms with Crippen LogP contribution < -0.4 is 15.4 Å². The first-order chi connectivity index (χ1) is 10.8. The number of methoxy groups -OCH3 is 1. The zero-order valence-electron chi connectivity index (χ0n) is 14.1. The molecule has 122 valence electrons. The van der Waals surface area contributed by atoms with E-state index in [1.807, 2.05) is 27.7 Å². The van der Waals surface area contributed by atoms with Gasteiger partial charge in [0.25, 0.3) is 5.91 Å². The van der Waals surface area contributed by atoms with E-state index < -0.39 is 0 Å². The fraction of sp³-hybridized carbons (Fsp3) is 0.353. The van der Waals surface area contributed by atoms with Crippen LogP contribution in [0.5, 0.6) is 5.75 Å². The number of carbonyl (C=O) groups excluding carboxylic acids is 1. The largest absolute Gasteiger partial charge is 0.497 e. The van der Waals surface area contributed by atoms with Gasteiger partial charge in [0, 0.05) is 16.9 Å². The highest BCUT2D eigenvalue weighted by Gasteiger charge is 2.15. The summed E-state index contributed by atoms with van der Waals surface area (Å²) in [4.78, 5) is 21.0. The lowest BCUT2D eigenvalue weighted by molar-refractivity contribution is 0.102. The molecule has 0 aliphatic heterocycles. The molecule has 1 aromatic carbocycles. The highest BCUT2D eigenvalue weighted by atomic mass is 16.5. The van der Waals surface area contributed by atoms with Crippen molar-refractivity contribution in [1.82, 2.24) is 9.97 Å². The minimum Gasteiger partial charge on any atom is -0.497 e. The van der Waals surface area contributed by atoms with Crippen LogP contribution in [0.2, 0.25) is 0 Å². The lowest BCUT2D eigenvalue weighted by atomic mass is 10.1. The van der Waals surface area contributed by atoms with Crippen LogP contribution in [0.4, 0.5) is 11.6 Å². The van der Waals surface area contributed by atoms with E-state index in [0.29, 0.717) is 17.3 Å². The molecule has 0 saturated carbocycles. The zero-order chi connectivity index (χ0) is 17.0. The maximum Gasteiger partial charge on any atom is 0.274 e. The second-order valence-corrected chi connectivity index (χ2v) is 6.28. The molecule has 0 aliphatic rings. The molecule has 0 bridgehead atoms. The Morgan fingerprint density at radius 1 is 1.13 bits per heavy atom. The number of hydrogen-bond acceptors (Lipinski definition) is 5. The van der Waals surface area contributed by atoms with Crippen molar-refractivity contribution >= 4 is 17.5 Å². The van der Waals surface area contributed by atoms with Gasteiger partial charge in [0.15, 0.2) is 0 Å². The lowest BCUT2D eigenvalue weighted by Gasteiger charge is -2.20. The Bertz CT molecular complexity index is 691. The topological polar surface area (TPSA) is 76.1 Å². The number of rotatable bonds is 4. The van der Waals surface area contributed by atoms with Gasteiger partial charge < -0.3 is 15.4 Å². The van der Waals surface area contributed by atoms with Gasteiger partial charge in [-0.25, -0.2) is 9.97 Å². The Hall–Kier alpha value is -2.63. The van der Waals surface area contributed by atoms with E-state index in [1.165, 1.54) is 0 Å².